The van der Waals surface area contributed by atoms with Crippen LogP contribution in [0.4, 0.5) is 4.79 Å². The third-order valence-corrected chi connectivity index (χ3v) is 4.29. The summed E-state index contributed by atoms with van der Waals surface area (Å²) >= 11 is 0. The Morgan fingerprint density at radius 2 is 1.87 bits per heavy atom. The van der Waals surface area contributed by atoms with Crippen molar-refractivity contribution in [1.82, 2.24) is 15.5 Å². The largest absolute Gasteiger partial charge is 0.379 e. The van der Waals surface area contributed by atoms with Crippen LogP contribution in [0.25, 0.3) is 0 Å². The molecule has 0 radical (unpaired) electrons. The minimum absolute atomic E-state index is 0.0770. The van der Waals surface area contributed by atoms with Gasteiger partial charge in [-0.05, 0) is 18.5 Å². The number of benzene rings is 1. The van der Waals surface area contributed by atoms with Gasteiger partial charge in [0.05, 0.1) is 13.2 Å². The number of carbonyl (C=O) groups excluding carboxylic acids is 1. The second-order valence-corrected chi connectivity index (χ2v) is 6.67. The van der Waals surface area contributed by atoms with Gasteiger partial charge in [-0.3, -0.25) is 4.90 Å². The van der Waals surface area contributed by atoms with Gasteiger partial charge < -0.3 is 15.4 Å². The highest BCUT2D eigenvalue weighted by Gasteiger charge is 2.20. The molecule has 1 heterocycles. The second-order valence-electron chi connectivity index (χ2n) is 6.67. The summed E-state index contributed by atoms with van der Waals surface area (Å²) in [4.78, 5) is 14.3. The Morgan fingerprint density at radius 3 is 2.57 bits per heavy atom. The number of hydrogen-bond acceptors (Lipinski definition) is 3. The van der Waals surface area contributed by atoms with Gasteiger partial charge in [-0.25, -0.2) is 4.79 Å². The molecule has 0 bridgehead atoms. The molecule has 0 atom stereocenters. The first-order valence-electron chi connectivity index (χ1n) is 8.45. The van der Waals surface area contributed by atoms with Gasteiger partial charge in [0.15, 0.2) is 0 Å². The Balaban J connectivity index is 1.61. The van der Waals surface area contributed by atoms with Crippen molar-refractivity contribution < 1.29 is 9.53 Å². The molecular weight excluding hydrogens is 290 g/mol. The van der Waals surface area contributed by atoms with Crippen molar-refractivity contribution in [1.29, 1.82) is 0 Å². The third kappa shape index (κ3) is 6.20. The lowest BCUT2D eigenvalue weighted by molar-refractivity contribution is 0.0375. The minimum atomic E-state index is -0.0871. The maximum absolute atomic E-state index is 11.9. The molecule has 2 rings (SSSR count). The number of ether oxygens (including phenoxy) is 1. The van der Waals surface area contributed by atoms with E-state index < -0.39 is 0 Å². The van der Waals surface area contributed by atoms with Gasteiger partial charge in [-0.15, -0.1) is 0 Å². The minimum Gasteiger partial charge on any atom is -0.379 e. The summed E-state index contributed by atoms with van der Waals surface area (Å²) in [7, 11) is 0. The van der Waals surface area contributed by atoms with E-state index in [2.05, 4.69) is 41.5 Å². The van der Waals surface area contributed by atoms with Crippen LogP contribution in [0.2, 0.25) is 0 Å². The maximum Gasteiger partial charge on any atom is 0.314 e. The standard InChI is InChI=1S/C18H29N3O2/c1-18(2,16-7-4-3-5-8-16)15-20-17(22)19-9-6-10-21-11-13-23-14-12-21/h3-5,7-8H,6,9-15H2,1-2H3,(H2,19,20,22). The molecule has 1 fully saturated rings. The monoisotopic (exact) mass is 319 g/mol. The van der Waals surface area contributed by atoms with Gasteiger partial charge in [-0.1, -0.05) is 44.2 Å². The van der Waals surface area contributed by atoms with Crippen molar-refractivity contribution in [3.05, 3.63) is 35.9 Å². The molecule has 5 nitrogen and oxygen atoms in total. The molecule has 0 aromatic heterocycles. The fourth-order valence-corrected chi connectivity index (χ4v) is 2.68. The zero-order valence-corrected chi connectivity index (χ0v) is 14.3. The van der Waals surface area contributed by atoms with Crippen molar-refractivity contribution in [2.24, 2.45) is 0 Å². The summed E-state index contributed by atoms with van der Waals surface area (Å²) in [6, 6.07) is 10.2. The molecule has 2 amide bonds. The predicted octanol–water partition coefficient (Wildman–Crippen LogP) is 1.99. The van der Waals surface area contributed by atoms with Crippen molar-refractivity contribution in [3.8, 4) is 0 Å². The van der Waals surface area contributed by atoms with Crippen LogP contribution in [-0.4, -0.2) is 56.9 Å². The first-order valence-corrected chi connectivity index (χ1v) is 8.45. The van der Waals surface area contributed by atoms with Crippen molar-refractivity contribution in [2.75, 3.05) is 45.9 Å². The summed E-state index contributed by atoms with van der Waals surface area (Å²) in [5, 5.41) is 5.91. The molecule has 5 heteroatoms. The first-order chi connectivity index (χ1) is 11.1. The van der Waals surface area contributed by atoms with Crippen LogP contribution in [0.1, 0.15) is 25.8 Å². The van der Waals surface area contributed by atoms with Crippen LogP contribution in [0, 0.1) is 0 Å². The fourth-order valence-electron chi connectivity index (χ4n) is 2.68. The van der Waals surface area contributed by atoms with Crippen LogP contribution >= 0.6 is 0 Å². The maximum atomic E-state index is 11.9. The van der Waals surface area contributed by atoms with Crippen molar-refractivity contribution in [2.45, 2.75) is 25.7 Å². The van der Waals surface area contributed by atoms with Crippen LogP contribution < -0.4 is 10.6 Å². The van der Waals surface area contributed by atoms with Crippen LogP contribution in [-0.2, 0) is 10.2 Å². The average molecular weight is 319 g/mol. The van der Waals surface area contributed by atoms with E-state index in [1.165, 1.54) is 5.56 Å². The van der Waals surface area contributed by atoms with Gasteiger partial charge in [0.2, 0.25) is 0 Å². The summed E-state index contributed by atoms with van der Waals surface area (Å²) < 4.78 is 5.32. The second kappa shape index (κ2) is 8.89. The van der Waals surface area contributed by atoms with Gasteiger partial charge in [0.25, 0.3) is 0 Å². The molecule has 0 saturated carbocycles. The van der Waals surface area contributed by atoms with Crippen molar-refractivity contribution in [3.63, 3.8) is 0 Å². The van der Waals surface area contributed by atoms with E-state index in [0.29, 0.717) is 13.1 Å². The van der Waals surface area contributed by atoms with Gasteiger partial charge in [0, 0.05) is 31.6 Å². The van der Waals surface area contributed by atoms with E-state index in [0.717, 1.165) is 39.3 Å². The van der Waals surface area contributed by atoms with Gasteiger partial charge in [0.1, 0.15) is 0 Å². The number of morpholine rings is 1. The molecule has 1 aliphatic heterocycles. The highest BCUT2D eigenvalue weighted by Crippen LogP contribution is 2.21. The number of urea groups is 1. The Kier molecular flexibility index (Phi) is 6.86. The molecule has 1 saturated heterocycles. The Bertz CT molecular complexity index is 470. The summed E-state index contributed by atoms with van der Waals surface area (Å²) in [5.41, 5.74) is 1.15. The summed E-state index contributed by atoms with van der Waals surface area (Å²) in [6.07, 6.45) is 0.968. The van der Waals surface area contributed by atoms with Gasteiger partial charge in [-0.2, -0.15) is 0 Å². The zero-order valence-electron chi connectivity index (χ0n) is 14.3. The quantitative estimate of drug-likeness (QED) is 0.756. The smallest absolute Gasteiger partial charge is 0.314 e. The van der Waals surface area contributed by atoms with Crippen LogP contribution in [0.3, 0.4) is 0 Å². The van der Waals surface area contributed by atoms with E-state index >= 15 is 0 Å². The van der Waals surface area contributed by atoms with E-state index in [-0.39, 0.29) is 11.4 Å². The lowest BCUT2D eigenvalue weighted by Gasteiger charge is -2.27. The topological polar surface area (TPSA) is 53.6 Å². The van der Waals surface area contributed by atoms with E-state index in [4.69, 9.17) is 4.74 Å². The predicted molar refractivity (Wildman–Crippen MR) is 92.7 cm³/mol. The highest BCUT2D eigenvalue weighted by atomic mass is 16.5. The molecule has 23 heavy (non-hydrogen) atoms. The molecule has 0 unspecified atom stereocenters. The summed E-state index contributed by atoms with van der Waals surface area (Å²) in [5.74, 6) is 0. The van der Waals surface area contributed by atoms with E-state index in [9.17, 15) is 4.79 Å². The Hall–Kier alpha value is -1.59. The first kappa shape index (κ1) is 17.8. The van der Waals surface area contributed by atoms with E-state index in [1.807, 2.05) is 18.2 Å². The SMILES string of the molecule is CC(C)(CNC(=O)NCCCN1CCOCC1)c1ccccc1. The number of carbonyl (C=O) groups is 1. The molecule has 1 aromatic carbocycles. The van der Waals surface area contributed by atoms with E-state index in [1.54, 1.807) is 0 Å². The zero-order chi connectivity index (χ0) is 16.5. The number of rotatable bonds is 7. The van der Waals surface area contributed by atoms with Crippen molar-refractivity contribution >= 4 is 6.03 Å². The lowest BCUT2D eigenvalue weighted by Crippen LogP contribution is -2.43. The molecule has 2 N–H and O–H groups in total. The molecule has 1 aromatic rings. The number of nitrogens with one attached hydrogen (secondary N) is 2. The van der Waals surface area contributed by atoms with Gasteiger partial charge >= 0.3 is 6.03 Å². The highest BCUT2D eigenvalue weighted by molar-refractivity contribution is 5.73. The number of hydrogen-bond donors (Lipinski definition) is 2. The lowest BCUT2D eigenvalue weighted by atomic mass is 9.85. The fraction of sp³-hybridized carbons (Fsp3) is 0.611. The summed E-state index contributed by atoms with van der Waals surface area (Å²) in [6.45, 7) is 10.3. The Morgan fingerprint density at radius 1 is 1.17 bits per heavy atom. The molecule has 0 aliphatic carbocycles. The molecular formula is C18H29N3O2. The molecule has 1 aliphatic rings. The normalized spacial score (nSPS) is 16.1. The van der Waals surface area contributed by atoms with Crippen LogP contribution in [0.15, 0.2) is 30.3 Å². The molecule has 128 valence electrons. The number of amides is 2. The number of nitrogens with zero attached hydrogens (tertiary/aromatic N) is 1. The molecule has 0 spiro atoms. The third-order valence-electron chi connectivity index (χ3n) is 4.29. The Labute approximate surface area is 139 Å². The average Bonchev–Trinajstić information content (AvgIpc) is 2.59. The van der Waals surface area contributed by atoms with Crippen LogP contribution in [0.5, 0.6) is 0 Å².